The van der Waals surface area contributed by atoms with Crippen molar-refractivity contribution in [3.05, 3.63) is 47.5 Å². The lowest BCUT2D eigenvalue weighted by molar-refractivity contribution is -0.201. The first-order chi connectivity index (χ1) is 17.4. The van der Waals surface area contributed by atoms with E-state index in [1.807, 2.05) is 13.0 Å². The zero-order valence-electron chi connectivity index (χ0n) is 21.9. The maximum Gasteiger partial charge on any atom is 0.331 e. The number of cyclic esters (lactones) is 1. The molecule has 8 nitrogen and oxygen atoms in total. The van der Waals surface area contributed by atoms with Crippen molar-refractivity contribution >= 4 is 17.9 Å². The molecule has 0 aromatic carbocycles. The van der Waals surface area contributed by atoms with Crippen LogP contribution in [0, 0.1) is 34.0 Å². The van der Waals surface area contributed by atoms with E-state index in [0.717, 1.165) is 29.6 Å². The van der Waals surface area contributed by atoms with Crippen molar-refractivity contribution in [3.63, 3.8) is 0 Å². The number of furan rings is 1. The normalized spacial score (nSPS) is 45.2. The highest BCUT2D eigenvalue weighted by Crippen LogP contribution is 2.78. The van der Waals surface area contributed by atoms with Gasteiger partial charge in [0.05, 0.1) is 25.2 Å². The zero-order valence-corrected chi connectivity index (χ0v) is 21.9. The molecule has 1 aliphatic heterocycles. The highest BCUT2D eigenvalue weighted by atomic mass is 16.6. The van der Waals surface area contributed by atoms with Crippen molar-refractivity contribution in [3.8, 4) is 0 Å². The average molecular weight is 511 g/mol. The molecule has 8 heteroatoms. The van der Waals surface area contributed by atoms with Crippen LogP contribution in [0.2, 0.25) is 0 Å². The van der Waals surface area contributed by atoms with Crippen molar-refractivity contribution in [2.24, 2.45) is 34.0 Å². The molecule has 6 rings (SSSR count). The van der Waals surface area contributed by atoms with Gasteiger partial charge in [0, 0.05) is 47.1 Å². The minimum Gasteiger partial charge on any atom is -0.472 e. The summed E-state index contributed by atoms with van der Waals surface area (Å²) >= 11 is 0. The van der Waals surface area contributed by atoms with E-state index in [4.69, 9.17) is 18.6 Å². The fourth-order valence-electron chi connectivity index (χ4n) is 9.22. The average Bonchev–Trinajstić information content (AvgIpc) is 3.48. The van der Waals surface area contributed by atoms with E-state index >= 15 is 0 Å². The highest BCUT2D eigenvalue weighted by molar-refractivity contribution is 5.86. The Labute approximate surface area is 216 Å². The number of esters is 3. The van der Waals surface area contributed by atoms with Crippen LogP contribution in [0.15, 0.2) is 46.3 Å². The van der Waals surface area contributed by atoms with Crippen molar-refractivity contribution in [2.45, 2.75) is 71.2 Å². The predicted molar refractivity (Wildman–Crippen MR) is 129 cm³/mol. The van der Waals surface area contributed by atoms with Gasteiger partial charge in [-0.3, -0.25) is 9.59 Å². The fraction of sp³-hybridized carbons (Fsp3) is 0.621. The molecule has 198 valence electrons. The monoisotopic (exact) mass is 510 g/mol. The Morgan fingerprint density at radius 1 is 1.24 bits per heavy atom. The molecule has 3 fully saturated rings. The molecular weight excluding hydrogens is 476 g/mol. The fourth-order valence-corrected chi connectivity index (χ4v) is 9.22. The van der Waals surface area contributed by atoms with Crippen molar-refractivity contribution in [1.29, 1.82) is 0 Å². The smallest absolute Gasteiger partial charge is 0.331 e. The van der Waals surface area contributed by atoms with Gasteiger partial charge in [0.1, 0.15) is 12.2 Å². The van der Waals surface area contributed by atoms with E-state index in [1.54, 1.807) is 18.6 Å². The second kappa shape index (κ2) is 7.59. The standard InChI is InChI=1S/C29H34O8/c1-15(30)36-25-20-10-17-18(28(4)21(12-22(31)34-5)27(25,3)14-29(20,28)33)6-8-26(2)19(17)11-23(32)37-24(26)16-7-9-35-13-16/h7,9-11,13,18,20-21,24-25,33H,6,8,12,14H2,1-5H3/t18-,20-,21-,24-,25+,26+,27+,28+,29-/m0/s1. The van der Waals surface area contributed by atoms with Gasteiger partial charge >= 0.3 is 17.9 Å². The van der Waals surface area contributed by atoms with Gasteiger partial charge in [0.2, 0.25) is 0 Å². The summed E-state index contributed by atoms with van der Waals surface area (Å²) in [7, 11) is 1.37. The maximum atomic E-state index is 12.9. The molecule has 0 radical (unpaired) electrons. The largest absolute Gasteiger partial charge is 0.472 e. The number of hydrogen-bond donors (Lipinski definition) is 1. The number of methoxy groups -OCH3 is 1. The molecule has 37 heavy (non-hydrogen) atoms. The van der Waals surface area contributed by atoms with E-state index in [0.29, 0.717) is 6.42 Å². The third kappa shape index (κ3) is 2.90. The number of allylic oxidation sites excluding steroid dienone is 1. The summed E-state index contributed by atoms with van der Waals surface area (Å²) in [5.74, 6) is -2.01. The first-order valence-electron chi connectivity index (χ1n) is 13.0. The van der Waals surface area contributed by atoms with E-state index in [9.17, 15) is 19.5 Å². The molecule has 0 unspecified atom stereocenters. The van der Waals surface area contributed by atoms with Gasteiger partial charge in [-0.25, -0.2) is 4.79 Å². The van der Waals surface area contributed by atoms with Crippen molar-refractivity contribution < 1.29 is 38.1 Å². The molecule has 9 atom stereocenters. The van der Waals surface area contributed by atoms with Crippen LogP contribution in [0.4, 0.5) is 0 Å². The third-order valence-electron chi connectivity index (χ3n) is 10.8. The predicted octanol–water partition coefficient (Wildman–Crippen LogP) is 4.05. The van der Waals surface area contributed by atoms with Crippen LogP contribution < -0.4 is 0 Å². The molecule has 0 saturated heterocycles. The van der Waals surface area contributed by atoms with Gasteiger partial charge in [0.15, 0.2) is 0 Å². The van der Waals surface area contributed by atoms with Crippen LogP contribution in [-0.4, -0.2) is 41.8 Å². The van der Waals surface area contributed by atoms with Gasteiger partial charge in [-0.05, 0) is 48.3 Å². The minimum atomic E-state index is -1.16. The second-order valence-corrected chi connectivity index (χ2v) is 12.3. The van der Waals surface area contributed by atoms with Gasteiger partial charge in [0.25, 0.3) is 0 Å². The molecule has 0 amide bonds. The van der Waals surface area contributed by atoms with Crippen LogP contribution in [0.1, 0.15) is 65.0 Å². The van der Waals surface area contributed by atoms with Crippen LogP contribution in [-0.2, 0) is 28.6 Å². The number of hydrogen-bond acceptors (Lipinski definition) is 8. The molecule has 5 aliphatic rings. The number of carbonyl (C=O) groups excluding carboxylic acids is 3. The number of carbonyl (C=O) groups is 3. The molecule has 2 heterocycles. The number of ether oxygens (including phenoxy) is 3. The lowest BCUT2D eigenvalue weighted by atomic mass is 9.43. The second-order valence-electron chi connectivity index (χ2n) is 12.3. The quantitative estimate of drug-likeness (QED) is 0.477. The summed E-state index contributed by atoms with van der Waals surface area (Å²) in [4.78, 5) is 37.8. The Morgan fingerprint density at radius 2 is 2.00 bits per heavy atom. The number of fused-ring (bicyclic) bond motifs is 5. The molecular formula is C29H34O8. The summed E-state index contributed by atoms with van der Waals surface area (Å²) in [6, 6.07) is 1.82. The first kappa shape index (κ1) is 24.5. The molecule has 1 aromatic rings. The molecule has 1 aromatic heterocycles. The molecule has 4 aliphatic carbocycles. The summed E-state index contributed by atoms with van der Waals surface area (Å²) < 4.78 is 22.2. The van der Waals surface area contributed by atoms with Gasteiger partial charge < -0.3 is 23.7 Å². The Balaban J connectivity index is 1.53. The summed E-state index contributed by atoms with van der Waals surface area (Å²) in [6.07, 6.45) is 7.78. The highest BCUT2D eigenvalue weighted by Gasteiger charge is 2.81. The Morgan fingerprint density at radius 3 is 2.65 bits per heavy atom. The first-order valence-corrected chi connectivity index (χ1v) is 13.0. The lowest BCUT2D eigenvalue weighted by Crippen LogP contribution is -2.65. The van der Waals surface area contributed by atoms with E-state index in [2.05, 4.69) is 19.9 Å². The molecule has 3 saturated carbocycles. The SMILES string of the molecule is COC(=O)C[C@H]1[C@@]2(C)C[C@]3(O)[C@@H](C=C4C5=CC(=O)O[C@@H](c6ccoc6)[C@]5(C)CC[C@@H]4[C@]13C)[C@H]2OC(C)=O. The van der Waals surface area contributed by atoms with E-state index in [-0.39, 0.29) is 24.2 Å². The number of aliphatic hydroxyl groups is 1. The van der Waals surface area contributed by atoms with Gasteiger partial charge in [-0.15, -0.1) is 0 Å². The van der Waals surface area contributed by atoms with Crippen molar-refractivity contribution in [2.75, 3.05) is 7.11 Å². The Kier molecular flexibility index (Phi) is 5.02. The lowest BCUT2D eigenvalue weighted by Gasteiger charge is -2.62. The zero-order chi connectivity index (χ0) is 26.5. The molecule has 0 spiro atoms. The van der Waals surface area contributed by atoms with Gasteiger partial charge in [-0.2, -0.15) is 0 Å². The maximum absolute atomic E-state index is 12.9. The van der Waals surface area contributed by atoms with E-state index < -0.39 is 51.9 Å². The van der Waals surface area contributed by atoms with Gasteiger partial charge in [-0.1, -0.05) is 26.8 Å². The van der Waals surface area contributed by atoms with Crippen LogP contribution in [0.3, 0.4) is 0 Å². The Hall–Kier alpha value is -2.87. The summed E-state index contributed by atoms with van der Waals surface area (Å²) in [5.41, 5.74) is -0.251. The van der Waals surface area contributed by atoms with Crippen molar-refractivity contribution in [1.82, 2.24) is 0 Å². The molecule has 2 bridgehead atoms. The summed E-state index contributed by atoms with van der Waals surface area (Å²) in [5, 5.41) is 12.4. The van der Waals surface area contributed by atoms with Crippen LogP contribution in [0.25, 0.3) is 0 Å². The van der Waals surface area contributed by atoms with Crippen LogP contribution in [0.5, 0.6) is 0 Å². The number of rotatable bonds is 4. The van der Waals surface area contributed by atoms with Crippen LogP contribution >= 0.6 is 0 Å². The third-order valence-corrected chi connectivity index (χ3v) is 10.8. The summed E-state index contributed by atoms with van der Waals surface area (Å²) in [6.45, 7) is 7.60. The Bertz CT molecular complexity index is 1240. The van der Waals surface area contributed by atoms with E-state index in [1.165, 1.54) is 14.0 Å². The topological polar surface area (TPSA) is 112 Å². The molecule has 1 N–H and O–H groups in total. The minimum absolute atomic E-state index is 0.0845.